The average molecular weight is 1710 g/mol. The van der Waals surface area contributed by atoms with Crippen molar-refractivity contribution >= 4 is 110 Å². The molecule has 8 atom stereocenters. The van der Waals surface area contributed by atoms with Crippen LogP contribution in [0.1, 0.15) is 157 Å². The van der Waals surface area contributed by atoms with Gasteiger partial charge in [-0.25, -0.2) is 31.9 Å². The van der Waals surface area contributed by atoms with Crippen molar-refractivity contribution in [3.8, 4) is 20.9 Å². The maximum Gasteiger partial charge on any atom is 0.258 e. The molecule has 2 aromatic heterocycles. The quantitative estimate of drug-likeness (QED) is 0.00777. The monoisotopic (exact) mass is 1710 g/mol. The molecule has 4 aromatic carbocycles. The van der Waals surface area contributed by atoms with Gasteiger partial charge in [0.1, 0.15) is 36.6 Å². The van der Waals surface area contributed by atoms with Gasteiger partial charge in [-0.1, -0.05) is 90.1 Å². The Morgan fingerprint density at radius 3 is 1.49 bits per heavy atom. The number of thiazole rings is 2. The normalized spacial score (nSPS) is 18.5. The van der Waals surface area contributed by atoms with Crippen LogP contribution in [0, 0.1) is 45.7 Å². The lowest BCUT2D eigenvalue weighted by Crippen LogP contribution is -2.59. The summed E-state index contributed by atoms with van der Waals surface area (Å²) in [6.07, 6.45) is -0.332. The van der Waals surface area contributed by atoms with Crippen molar-refractivity contribution in [2.24, 2.45) is 16.6 Å². The van der Waals surface area contributed by atoms with E-state index in [0.717, 1.165) is 44.4 Å². The second kappa shape index (κ2) is 38.6. The number of β-amino-alcohol motifs (C(OH)–C–C–N with tert-alkyl or cyclic N) is 2. The molecule has 8 amide bonds. The molecule has 2 aliphatic heterocycles. The molecule has 4 aliphatic rings. The van der Waals surface area contributed by atoms with Crippen molar-refractivity contribution in [1.82, 2.24) is 57.0 Å². The van der Waals surface area contributed by atoms with Crippen LogP contribution in [0.2, 0.25) is 0 Å². The zero-order valence-corrected chi connectivity index (χ0v) is 67.6. The highest BCUT2D eigenvalue weighted by atomic mass is 127. The summed E-state index contributed by atoms with van der Waals surface area (Å²) < 4.78 is 78.6. The number of aliphatic hydroxyl groups is 2. The molecule has 12 N–H and O–H groups in total. The number of nitrogens with two attached hydrogens (primary N) is 1. The van der Waals surface area contributed by atoms with E-state index in [1.165, 1.54) is 44.6 Å². The summed E-state index contributed by atoms with van der Waals surface area (Å²) >= 11 is 4.91. The van der Waals surface area contributed by atoms with Crippen molar-refractivity contribution in [2.75, 3.05) is 64.3 Å². The van der Waals surface area contributed by atoms with Crippen LogP contribution in [0.15, 0.2) is 89.9 Å². The summed E-state index contributed by atoms with van der Waals surface area (Å²) in [7, 11) is 0. The predicted octanol–water partition coefficient (Wildman–Crippen LogP) is 8.94. The lowest BCUT2D eigenvalue weighted by Gasteiger charge is -2.36. The Bertz CT molecular complexity index is 4350. The van der Waals surface area contributed by atoms with Gasteiger partial charge in [-0.05, 0) is 164 Å². The summed E-state index contributed by atoms with van der Waals surface area (Å²) in [6, 6.07) is 14.9. The Morgan fingerprint density at radius 1 is 0.616 bits per heavy atom. The molecule has 0 radical (unpaired) electrons. The molecular weight excluding hydrogens is 1610 g/mol. The SMILES string of the molecule is Cc1ncsc1-c1ccc([C@H](CC(=O)NCCCN)NC(=O)[C@@H]2C[C@@H](O)CN2C(=O)C(NC(=O)C2(F)CC2)C(C)(C)C)cc1.Cc1ncsc1-c1ccc([C@H](CC(=O)NCCCNCCCOCC(=O)c2ccc(F)c(F)c2Nc2ccc(I)cc2F)NC(=O)[C@@H]2C[C@@H](O)CN2C(=O)C(NC(=O)C2(F)CC2)C(C)(C)C)cc1. The number of nitrogens with one attached hydrogen (secondary N) is 8. The van der Waals surface area contributed by atoms with Crippen LogP contribution in [0.4, 0.5) is 33.3 Å². The molecule has 0 bridgehead atoms. The van der Waals surface area contributed by atoms with Crippen LogP contribution in [0.3, 0.4) is 0 Å². The fourth-order valence-electron chi connectivity index (χ4n) is 13.0. The summed E-state index contributed by atoms with van der Waals surface area (Å²) in [5.41, 5.74) is 7.54. The number of ether oxygens (including phenoxy) is 1. The number of ketones is 1. The number of Topliss-reactive ketones (excluding diaryl/α,β-unsaturated/α-hetero) is 1. The minimum Gasteiger partial charge on any atom is -0.391 e. The van der Waals surface area contributed by atoms with E-state index < -0.39 is 142 Å². The number of benzene rings is 4. The van der Waals surface area contributed by atoms with Gasteiger partial charge in [-0.3, -0.25) is 43.2 Å². The largest absolute Gasteiger partial charge is 0.391 e. The summed E-state index contributed by atoms with van der Waals surface area (Å²) in [5.74, 6) is -8.54. The molecule has 2 aliphatic carbocycles. The first-order valence-electron chi connectivity index (χ1n) is 37.3. The molecule has 0 spiro atoms. The topological polar surface area (TPSA) is 358 Å². The van der Waals surface area contributed by atoms with E-state index in [4.69, 9.17) is 10.5 Å². The molecule has 2 unspecified atom stereocenters. The Labute approximate surface area is 669 Å². The molecule has 6 aromatic rings. The number of alkyl halides is 2. The summed E-state index contributed by atoms with van der Waals surface area (Å²) in [5, 5.41) is 43.7. The van der Waals surface area contributed by atoms with Crippen molar-refractivity contribution in [3.05, 3.63) is 139 Å². The first kappa shape index (κ1) is 87.5. The Morgan fingerprint density at radius 2 is 1.07 bits per heavy atom. The van der Waals surface area contributed by atoms with Crippen LogP contribution < -0.4 is 48.3 Å². The fraction of sp³-hybridized carbons (Fsp3) is 0.506. The Hall–Kier alpha value is -8.45. The van der Waals surface area contributed by atoms with Gasteiger partial charge in [0.25, 0.3) is 11.8 Å². The highest BCUT2D eigenvalue weighted by Gasteiger charge is 2.55. The number of amides is 8. The van der Waals surface area contributed by atoms with E-state index >= 15 is 0 Å². The number of rotatable bonds is 34. The molecule has 4 fully saturated rings. The van der Waals surface area contributed by atoms with E-state index in [-0.39, 0.29) is 94.1 Å². The summed E-state index contributed by atoms with van der Waals surface area (Å²) in [4.78, 5) is 133. The van der Waals surface area contributed by atoms with Crippen molar-refractivity contribution in [1.29, 1.82) is 0 Å². The average Bonchev–Trinajstić information content (AvgIpc) is 1.58. The Kier molecular flexibility index (Phi) is 30.2. The number of aliphatic hydroxyl groups excluding tert-OH is 2. The molecule has 4 heterocycles. The third kappa shape index (κ3) is 23.4. The zero-order chi connectivity index (χ0) is 81.6. The van der Waals surface area contributed by atoms with Gasteiger partial charge in [0.2, 0.25) is 35.4 Å². The van der Waals surface area contributed by atoms with Gasteiger partial charge in [0.15, 0.2) is 28.8 Å². The maximum atomic E-state index is 14.8. The standard InChI is InChI=1S/C48H56F4IN7O7S.C31H43FN6O5S/c1-27-42(68-26-56-27)29-9-7-28(8-10-29)36(58-44(64)37-22-31(61)24-60(37)45(65)43(47(2,3)4)59-46(66)48(52)15-16-48)23-39(63)55-19-5-17-54-18-6-20-67-25-38(62)32-12-13-33(49)40(51)41(32)57-35-14-11-30(53)21-34(35)50;1-18-25(44-17-35-18)20-8-6-19(7-9-20)22(15-24(40)34-13-5-12-33)36-27(41)23-14-21(39)16-38(23)28(42)26(30(2,3)4)37-29(43)31(32)10-11-31/h7-14,21,26,31,36-37,43,54,57,61H,5-6,15-20,22-25H2,1-4H3,(H,55,63)(H,58,64)(H,59,66);6-9,17,21-23,26,39H,5,10-16,33H2,1-4H3,(H,34,40)(H,36,41)(H,37,43)/t31-,36+,37+,43?;21-,22+,23+,26?/m11/s1. The maximum absolute atomic E-state index is 14.8. The molecule has 606 valence electrons. The van der Waals surface area contributed by atoms with E-state index in [2.05, 4.69) is 52.5 Å². The molecule has 2 saturated carbocycles. The van der Waals surface area contributed by atoms with Gasteiger partial charge in [0, 0.05) is 54.8 Å². The van der Waals surface area contributed by atoms with Crippen LogP contribution in [0.25, 0.3) is 20.9 Å². The van der Waals surface area contributed by atoms with Crippen molar-refractivity contribution in [3.63, 3.8) is 0 Å². The third-order valence-electron chi connectivity index (χ3n) is 19.8. The molecule has 2 saturated heterocycles. The number of hydrogen-bond donors (Lipinski definition) is 11. The summed E-state index contributed by atoms with van der Waals surface area (Å²) in [6.45, 7) is 15.8. The lowest BCUT2D eigenvalue weighted by atomic mass is 9.85. The minimum absolute atomic E-state index is 0.0194. The number of anilines is 2. The van der Waals surface area contributed by atoms with Crippen LogP contribution in [-0.4, -0.2) is 190 Å². The van der Waals surface area contributed by atoms with Gasteiger partial charge in [0.05, 0.1) is 80.7 Å². The third-order valence-corrected chi connectivity index (χ3v) is 22.4. The minimum atomic E-state index is -2.03. The van der Waals surface area contributed by atoms with Gasteiger partial charge in [-0.2, -0.15) is 0 Å². The second-order valence-electron chi connectivity index (χ2n) is 30.9. The van der Waals surface area contributed by atoms with Crippen LogP contribution in [-0.2, 0) is 43.1 Å². The zero-order valence-electron chi connectivity index (χ0n) is 63.8. The van der Waals surface area contributed by atoms with Crippen LogP contribution in [0.5, 0.6) is 0 Å². The first-order chi connectivity index (χ1) is 53.0. The molecule has 33 heteroatoms. The van der Waals surface area contributed by atoms with Crippen molar-refractivity contribution < 1.29 is 80.1 Å². The number of carbonyl (C=O) groups is 9. The molecule has 10 rings (SSSR count). The van der Waals surface area contributed by atoms with E-state index in [1.807, 2.05) is 85.0 Å². The smallest absolute Gasteiger partial charge is 0.258 e. The van der Waals surface area contributed by atoms with Crippen molar-refractivity contribution in [2.45, 2.75) is 186 Å². The molecule has 112 heavy (non-hydrogen) atoms. The van der Waals surface area contributed by atoms with E-state index in [9.17, 15) is 75.3 Å². The first-order valence-corrected chi connectivity index (χ1v) is 40.2. The predicted molar refractivity (Wildman–Crippen MR) is 422 cm³/mol. The number of likely N-dealkylation sites (tertiary alicyclic amines) is 2. The van der Waals surface area contributed by atoms with E-state index in [1.54, 1.807) is 58.6 Å². The van der Waals surface area contributed by atoms with Gasteiger partial charge < -0.3 is 73.0 Å². The molecule has 25 nitrogen and oxygen atoms in total. The highest BCUT2D eigenvalue weighted by Crippen LogP contribution is 2.42. The number of aryl methyl sites for hydroxylation is 2. The van der Waals surface area contributed by atoms with E-state index in [0.29, 0.717) is 66.7 Å². The number of hydrogen-bond acceptors (Lipinski definition) is 19. The number of carbonyl (C=O) groups excluding carboxylic acids is 9. The number of aromatic nitrogens is 2. The van der Waals surface area contributed by atoms with Gasteiger partial charge in [-0.15, -0.1) is 22.7 Å². The second-order valence-corrected chi connectivity index (χ2v) is 33.8. The fourth-order valence-corrected chi connectivity index (χ4v) is 15.0. The van der Waals surface area contributed by atoms with Gasteiger partial charge >= 0.3 is 0 Å². The molecular formula is C79H99F5IN13O12S2. The van der Waals surface area contributed by atoms with Crippen LogP contribution >= 0.6 is 45.3 Å². The number of nitrogens with zero attached hydrogens (tertiary/aromatic N) is 4. The highest BCUT2D eigenvalue weighted by molar-refractivity contribution is 14.1. The Balaban J connectivity index is 0.000000282. The number of halogens is 6. The lowest BCUT2D eigenvalue weighted by molar-refractivity contribution is -0.145.